The summed E-state index contributed by atoms with van der Waals surface area (Å²) in [6.07, 6.45) is 2.17. The molecular weight excluding hydrogens is 374 g/mol. The average Bonchev–Trinajstić information content (AvgIpc) is 3.45. The van der Waals surface area contributed by atoms with E-state index in [0.29, 0.717) is 17.5 Å². The van der Waals surface area contributed by atoms with E-state index in [0.717, 1.165) is 12.8 Å². The summed E-state index contributed by atoms with van der Waals surface area (Å²) < 4.78 is 27.5. The Labute approximate surface area is 157 Å². The van der Waals surface area contributed by atoms with Crippen molar-refractivity contribution >= 4 is 33.2 Å². The van der Waals surface area contributed by atoms with Gasteiger partial charge in [-0.15, -0.1) is 0 Å². The highest BCUT2D eigenvalue weighted by atomic mass is 35.5. The van der Waals surface area contributed by atoms with Crippen LogP contribution in [0.3, 0.4) is 0 Å². The Morgan fingerprint density at radius 2 is 1.88 bits per heavy atom. The van der Waals surface area contributed by atoms with E-state index in [1.54, 1.807) is 18.2 Å². The molecule has 0 aliphatic heterocycles. The number of nitrogens with one attached hydrogen (secondary N) is 2. The molecule has 1 atom stereocenters. The van der Waals surface area contributed by atoms with Crippen LogP contribution >= 0.6 is 11.6 Å². The maximum absolute atomic E-state index is 12.5. The van der Waals surface area contributed by atoms with Gasteiger partial charge in [-0.05, 0) is 49.1 Å². The highest BCUT2D eigenvalue weighted by molar-refractivity contribution is 7.92. The SMILES string of the molecule is NC(CNC(=O)c1ccc(Cl)cc1NS(=O)(=O)c1ccccc1)C1CC1. The van der Waals surface area contributed by atoms with Crippen molar-refractivity contribution in [3.8, 4) is 0 Å². The number of rotatable bonds is 7. The molecule has 0 radical (unpaired) electrons. The Balaban J connectivity index is 1.80. The van der Waals surface area contributed by atoms with Gasteiger partial charge in [-0.25, -0.2) is 8.42 Å². The summed E-state index contributed by atoms with van der Waals surface area (Å²) in [7, 11) is -3.83. The topological polar surface area (TPSA) is 101 Å². The van der Waals surface area contributed by atoms with Crippen LogP contribution in [0, 0.1) is 5.92 Å². The maximum Gasteiger partial charge on any atom is 0.261 e. The quantitative estimate of drug-likeness (QED) is 0.672. The van der Waals surface area contributed by atoms with Crippen LogP contribution in [-0.2, 0) is 10.0 Å². The Bertz CT molecular complexity index is 899. The molecule has 0 saturated heterocycles. The number of amides is 1. The van der Waals surface area contributed by atoms with Crippen LogP contribution in [0.5, 0.6) is 0 Å². The molecule has 3 rings (SSSR count). The van der Waals surface area contributed by atoms with Crippen LogP contribution in [0.1, 0.15) is 23.2 Å². The molecule has 2 aromatic rings. The van der Waals surface area contributed by atoms with E-state index in [1.807, 2.05) is 0 Å². The third-order valence-corrected chi connectivity index (χ3v) is 5.87. The molecular formula is C18H20ClN3O3S. The van der Waals surface area contributed by atoms with Crippen LogP contribution in [-0.4, -0.2) is 26.9 Å². The van der Waals surface area contributed by atoms with Crippen molar-refractivity contribution in [2.24, 2.45) is 11.7 Å². The second-order valence-corrected chi connectivity index (χ2v) is 8.44. The number of carbonyl (C=O) groups excluding carboxylic acids is 1. The second kappa shape index (κ2) is 7.65. The van der Waals surface area contributed by atoms with E-state index >= 15 is 0 Å². The number of hydrogen-bond acceptors (Lipinski definition) is 4. The summed E-state index contributed by atoms with van der Waals surface area (Å²) in [4.78, 5) is 12.6. The van der Waals surface area contributed by atoms with E-state index in [9.17, 15) is 13.2 Å². The van der Waals surface area contributed by atoms with E-state index in [-0.39, 0.29) is 22.2 Å². The zero-order valence-electron chi connectivity index (χ0n) is 14.0. The molecule has 0 spiro atoms. The van der Waals surface area contributed by atoms with Crippen molar-refractivity contribution in [2.75, 3.05) is 11.3 Å². The van der Waals surface area contributed by atoms with Crippen LogP contribution in [0.4, 0.5) is 5.69 Å². The third kappa shape index (κ3) is 4.55. The number of benzene rings is 2. The summed E-state index contributed by atoms with van der Waals surface area (Å²) >= 11 is 5.99. The van der Waals surface area contributed by atoms with Crippen LogP contribution in [0.2, 0.25) is 5.02 Å². The van der Waals surface area contributed by atoms with Crippen molar-refractivity contribution in [1.82, 2.24) is 5.32 Å². The van der Waals surface area contributed by atoms with Crippen LogP contribution < -0.4 is 15.8 Å². The van der Waals surface area contributed by atoms with Gasteiger partial charge in [0.2, 0.25) is 0 Å². The molecule has 0 aromatic heterocycles. The second-order valence-electron chi connectivity index (χ2n) is 6.32. The number of anilines is 1. The molecule has 1 fully saturated rings. The molecule has 1 saturated carbocycles. The molecule has 8 heteroatoms. The number of hydrogen-bond donors (Lipinski definition) is 3. The van der Waals surface area contributed by atoms with E-state index < -0.39 is 15.9 Å². The van der Waals surface area contributed by atoms with Crippen molar-refractivity contribution in [3.05, 3.63) is 59.1 Å². The minimum Gasteiger partial charge on any atom is -0.350 e. The predicted molar refractivity (Wildman–Crippen MR) is 102 cm³/mol. The number of carbonyl (C=O) groups is 1. The normalized spacial score (nSPS) is 15.3. The molecule has 2 aromatic carbocycles. The van der Waals surface area contributed by atoms with Gasteiger partial charge in [0.1, 0.15) is 0 Å². The Kier molecular flexibility index (Phi) is 5.50. The molecule has 1 aliphatic carbocycles. The van der Waals surface area contributed by atoms with Crippen LogP contribution in [0.15, 0.2) is 53.4 Å². The lowest BCUT2D eigenvalue weighted by molar-refractivity contribution is 0.0951. The predicted octanol–water partition coefficient (Wildman–Crippen LogP) is 2.61. The largest absolute Gasteiger partial charge is 0.350 e. The molecule has 138 valence electrons. The van der Waals surface area contributed by atoms with Crippen molar-refractivity contribution < 1.29 is 13.2 Å². The van der Waals surface area contributed by atoms with Crippen molar-refractivity contribution in [1.29, 1.82) is 0 Å². The zero-order chi connectivity index (χ0) is 18.7. The highest BCUT2D eigenvalue weighted by Crippen LogP contribution is 2.31. The summed E-state index contributed by atoms with van der Waals surface area (Å²) in [5, 5.41) is 3.08. The third-order valence-electron chi connectivity index (χ3n) is 4.25. The number of nitrogens with two attached hydrogens (primary N) is 1. The fraction of sp³-hybridized carbons (Fsp3) is 0.278. The van der Waals surface area contributed by atoms with Gasteiger partial charge in [0.25, 0.3) is 15.9 Å². The molecule has 6 nitrogen and oxygen atoms in total. The molecule has 4 N–H and O–H groups in total. The molecule has 0 bridgehead atoms. The Morgan fingerprint density at radius 3 is 2.54 bits per heavy atom. The zero-order valence-corrected chi connectivity index (χ0v) is 15.6. The van der Waals surface area contributed by atoms with Crippen LogP contribution in [0.25, 0.3) is 0 Å². The van der Waals surface area contributed by atoms with Gasteiger partial charge in [-0.2, -0.15) is 0 Å². The fourth-order valence-electron chi connectivity index (χ4n) is 2.60. The molecule has 1 amide bonds. The summed E-state index contributed by atoms with van der Waals surface area (Å²) in [6.45, 7) is 0.344. The Morgan fingerprint density at radius 1 is 1.19 bits per heavy atom. The summed E-state index contributed by atoms with van der Waals surface area (Å²) in [5.74, 6) is 0.0556. The maximum atomic E-state index is 12.5. The monoisotopic (exact) mass is 393 g/mol. The first kappa shape index (κ1) is 18.7. The van der Waals surface area contributed by atoms with Gasteiger partial charge in [0.15, 0.2) is 0 Å². The lowest BCUT2D eigenvalue weighted by Crippen LogP contribution is -2.38. The van der Waals surface area contributed by atoms with Crippen molar-refractivity contribution in [3.63, 3.8) is 0 Å². The van der Waals surface area contributed by atoms with Gasteiger partial charge >= 0.3 is 0 Å². The van der Waals surface area contributed by atoms with Gasteiger partial charge in [-0.3, -0.25) is 9.52 Å². The lowest BCUT2D eigenvalue weighted by Gasteiger charge is -2.15. The molecule has 1 aliphatic rings. The molecule has 26 heavy (non-hydrogen) atoms. The minimum absolute atomic E-state index is 0.0873. The summed E-state index contributed by atoms with van der Waals surface area (Å²) in [5.41, 5.74) is 6.31. The fourth-order valence-corrected chi connectivity index (χ4v) is 3.86. The Hall–Kier alpha value is -2.09. The lowest BCUT2D eigenvalue weighted by atomic mass is 10.1. The highest BCUT2D eigenvalue weighted by Gasteiger charge is 2.29. The van der Waals surface area contributed by atoms with Gasteiger partial charge in [0, 0.05) is 17.6 Å². The number of sulfonamides is 1. The average molecular weight is 394 g/mol. The first-order valence-corrected chi connectivity index (χ1v) is 10.1. The summed E-state index contributed by atoms with van der Waals surface area (Å²) in [6, 6.07) is 12.3. The van der Waals surface area contributed by atoms with Gasteiger partial charge < -0.3 is 11.1 Å². The van der Waals surface area contributed by atoms with Gasteiger partial charge in [0.05, 0.1) is 16.1 Å². The molecule has 1 unspecified atom stereocenters. The van der Waals surface area contributed by atoms with E-state index in [1.165, 1.54) is 30.3 Å². The standard InChI is InChI=1S/C18H20ClN3O3S/c19-13-8-9-15(18(23)21-11-16(20)12-6-7-12)17(10-13)22-26(24,25)14-4-2-1-3-5-14/h1-5,8-10,12,16,22H,6-7,11,20H2,(H,21,23). The van der Waals surface area contributed by atoms with E-state index in [4.69, 9.17) is 17.3 Å². The first-order valence-electron chi connectivity index (χ1n) is 8.28. The van der Waals surface area contributed by atoms with Crippen molar-refractivity contribution in [2.45, 2.75) is 23.8 Å². The molecule has 0 heterocycles. The van der Waals surface area contributed by atoms with Gasteiger partial charge in [-0.1, -0.05) is 29.8 Å². The first-order chi connectivity index (χ1) is 12.4. The van der Waals surface area contributed by atoms with E-state index in [2.05, 4.69) is 10.0 Å². The smallest absolute Gasteiger partial charge is 0.261 e. The minimum atomic E-state index is -3.83. The number of halogens is 1.